The van der Waals surface area contributed by atoms with Gasteiger partial charge in [0.05, 0.1) is 0 Å². The first-order valence-electron chi connectivity index (χ1n) is 7.70. The van der Waals surface area contributed by atoms with Crippen molar-refractivity contribution in [1.29, 1.82) is 0 Å². The Bertz CT molecular complexity index is 697. The molecule has 4 heteroatoms. The molecule has 0 unspecified atom stereocenters. The van der Waals surface area contributed by atoms with Crippen molar-refractivity contribution in [3.05, 3.63) is 53.1 Å². The maximum atomic E-state index is 12.3. The van der Waals surface area contributed by atoms with Crippen LogP contribution in [0.4, 0.5) is 5.69 Å². The third-order valence-corrected chi connectivity index (χ3v) is 4.36. The minimum absolute atomic E-state index is 0.205. The second kappa shape index (κ2) is 5.87. The van der Waals surface area contributed by atoms with Gasteiger partial charge in [-0.05, 0) is 50.8 Å². The lowest BCUT2D eigenvalue weighted by atomic mass is 9.99. The number of hydrogen-bond donors (Lipinski definition) is 0. The molecule has 0 saturated carbocycles. The molecule has 1 aromatic carbocycles. The summed E-state index contributed by atoms with van der Waals surface area (Å²) < 4.78 is 0. The van der Waals surface area contributed by atoms with Crippen LogP contribution in [0.15, 0.2) is 30.3 Å². The minimum Gasteiger partial charge on any atom is -0.312 e. The smallest absolute Gasteiger partial charge is 0.227 e. The van der Waals surface area contributed by atoms with E-state index in [0.29, 0.717) is 12.3 Å². The van der Waals surface area contributed by atoms with Gasteiger partial charge < -0.3 is 4.90 Å². The Kier molecular flexibility index (Phi) is 3.92. The quantitative estimate of drug-likeness (QED) is 0.874. The van der Waals surface area contributed by atoms with Gasteiger partial charge in [0.2, 0.25) is 5.91 Å². The Labute approximate surface area is 131 Å². The molecule has 0 radical (unpaired) electrons. The van der Waals surface area contributed by atoms with Crippen molar-refractivity contribution in [1.82, 2.24) is 9.97 Å². The van der Waals surface area contributed by atoms with E-state index in [1.165, 1.54) is 0 Å². The summed E-state index contributed by atoms with van der Waals surface area (Å²) in [7, 11) is 0. The Morgan fingerprint density at radius 1 is 1.14 bits per heavy atom. The molecule has 1 saturated heterocycles. The largest absolute Gasteiger partial charge is 0.312 e. The molecule has 3 rings (SSSR count). The number of carbonyl (C=O) groups is 1. The first-order chi connectivity index (χ1) is 10.5. The zero-order valence-corrected chi connectivity index (χ0v) is 13.3. The SMILES string of the molecule is Cc1nc(C)c(C)c(C[C@@H]2CC(=O)N(c3ccccc3)C2)n1. The van der Waals surface area contributed by atoms with Crippen molar-refractivity contribution >= 4 is 11.6 Å². The first-order valence-corrected chi connectivity index (χ1v) is 7.70. The second-order valence-electron chi connectivity index (χ2n) is 6.04. The van der Waals surface area contributed by atoms with Crippen molar-refractivity contribution in [2.75, 3.05) is 11.4 Å². The van der Waals surface area contributed by atoms with Crippen LogP contribution in [0.5, 0.6) is 0 Å². The summed E-state index contributed by atoms with van der Waals surface area (Å²) in [5.74, 6) is 1.33. The van der Waals surface area contributed by atoms with Crippen LogP contribution in [0, 0.1) is 26.7 Å². The second-order valence-corrected chi connectivity index (χ2v) is 6.04. The highest BCUT2D eigenvalue weighted by Gasteiger charge is 2.31. The number of rotatable bonds is 3. The number of anilines is 1. The molecule has 1 aliphatic heterocycles. The van der Waals surface area contributed by atoms with E-state index in [4.69, 9.17) is 0 Å². The third kappa shape index (κ3) is 2.86. The van der Waals surface area contributed by atoms with Crippen molar-refractivity contribution in [3.63, 3.8) is 0 Å². The van der Waals surface area contributed by atoms with Gasteiger partial charge in [0.15, 0.2) is 0 Å². The standard InChI is InChI=1S/C18H21N3O/c1-12-13(2)19-14(3)20-17(12)9-15-10-18(22)21(11-15)16-7-5-4-6-8-16/h4-8,15H,9-11H2,1-3H3/t15-/m1/s1. The Morgan fingerprint density at radius 3 is 2.59 bits per heavy atom. The molecule has 0 spiro atoms. The van der Waals surface area contributed by atoms with Crippen molar-refractivity contribution in [2.24, 2.45) is 5.92 Å². The first kappa shape index (κ1) is 14.7. The number of hydrogen-bond acceptors (Lipinski definition) is 3. The van der Waals surface area contributed by atoms with Gasteiger partial charge in [-0.25, -0.2) is 9.97 Å². The van der Waals surface area contributed by atoms with Gasteiger partial charge in [-0.1, -0.05) is 18.2 Å². The van der Waals surface area contributed by atoms with Crippen LogP contribution in [0.3, 0.4) is 0 Å². The van der Waals surface area contributed by atoms with Crippen molar-refractivity contribution < 1.29 is 4.79 Å². The van der Waals surface area contributed by atoms with E-state index >= 15 is 0 Å². The topological polar surface area (TPSA) is 46.1 Å². The summed E-state index contributed by atoms with van der Waals surface area (Å²) in [6.45, 7) is 6.77. The van der Waals surface area contributed by atoms with Crippen LogP contribution < -0.4 is 4.90 Å². The molecule has 1 aromatic heterocycles. The van der Waals surface area contributed by atoms with Gasteiger partial charge in [-0.3, -0.25) is 4.79 Å². The fraction of sp³-hybridized carbons (Fsp3) is 0.389. The molecule has 4 nitrogen and oxygen atoms in total. The Hall–Kier alpha value is -2.23. The monoisotopic (exact) mass is 295 g/mol. The summed E-state index contributed by atoms with van der Waals surface area (Å²) in [6.07, 6.45) is 1.43. The van der Waals surface area contributed by atoms with Crippen LogP contribution in [0.2, 0.25) is 0 Å². The van der Waals surface area contributed by atoms with Crippen molar-refractivity contribution in [2.45, 2.75) is 33.6 Å². The van der Waals surface area contributed by atoms with Crippen molar-refractivity contribution in [3.8, 4) is 0 Å². The van der Waals surface area contributed by atoms with Gasteiger partial charge in [0.25, 0.3) is 0 Å². The van der Waals surface area contributed by atoms with Gasteiger partial charge in [-0.15, -0.1) is 0 Å². The summed E-state index contributed by atoms with van der Waals surface area (Å²) in [4.78, 5) is 23.2. The number of amides is 1. The van der Waals surface area contributed by atoms with E-state index in [9.17, 15) is 4.79 Å². The molecule has 0 aliphatic carbocycles. The zero-order chi connectivity index (χ0) is 15.7. The third-order valence-electron chi connectivity index (χ3n) is 4.36. The van der Waals surface area contributed by atoms with Crippen LogP contribution in [0.25, 0.3) is 0 Å². The Morgan fingerprint density at radius 2 is 1.86 bits per heavy atom. The molecule has 0 bridgehead atoms. The fourth-order valence-electron chi connectivity index (χ4n) is 3.09. The molecule has 2 aromatic rings. The molecular formula is C18H21N3O. The number of para-hydroxylation sites is 1. The lowest BCUT2D eigenvalue weighted by Crippen LogP contribution is -2.24. The van der Waals surface area contributed by atoms with Gasteiger partial charge in [0.1, 0.15) is 5.82 Å². The molecule has 114 valence electrons. The van der Waals surface area contributed by atoms with Crippen LogP contribution in [0.1, 0.15) is 29.2 Å². The number of carbonyl (C=O) groups excluding carboxylic acids is 1. The minimum atomic E-state index is 0.205. The summed E-state index contributed by atoms with van der Waals surface area (Å²) in [5, 5.41) is 0. The van der Waals surface area contributed by atoms with Crippen LogP contribution >= 0.6 is 0 Å². The maximum absolute atomic E-state index is 12.3. The summed E-state index contributed by atoms with van der Waals surface area (Å²) in [5.41, 5.74) is 4.25. The summed E-state index contributed by atoms with van der Waals surface area (Å²) in [6, 6.07) is 9.89. The molecule has 0 N–H and O–H groups in total. The number of aromatic nitrogens is 2. The molecule has 1 aliphatic rings. The van der Waals surface area contributed by atoms with E-state index in [-0.39, 0.29) is 5.91 Å². The fourth-order valence-corrected chi connectivity index (χ4v) is 3.09. The van der Waals surface area contributed by atoms with E-state index in [1.807, 2.05) is 49.1 Å². The lowest BCUT2D eigenvalue weighted by Gasteiger charge is -2.17. The van der Waals surface area contributed by atoms with Gasteiger partial charge in [-0.2, -0.15) is 0 Å². The number of nitrogens with zero attached hydrogens (tertiary/aromatic N) is 3. The molecule has 1 fully saturated rings. The highest BCUT2D eigenvalue weighted by atomic mass is 16.2. The highest BCUT2D eigenvalue weighted by Crippen LogP contribution is 2.27. The molecule has 22 heavy (non-hydrogen) atoms. The van der Waals surface area contributed by atoms with Crippen LogP contribution in [-0.4, -0.2) is 22.4 Å². The normalized spacial score (nSPS) is 18.0. The molecular weight excluding hydrogens is 274 g/mol. The van der Waals surface area contributed by atoms with E-state index in [2.05, 4.69) is 16.9 Å². The van der Waals surface area contributed by atoms with Gasteiger partial charge >= 0.3 is 0 Å². The zero-order valence-electron chi connectivity index (χ0n) is 13.3. The van der Waals surface area contributed by atoms with Crippen LogP contribution in [-0.2, 0) is 11.2 Å². The highest BCUT2D eigenvalue weighted by molar-refractivity contribution is 5.95. The summed E-state index contributed by atoms with van der Waals surface area (Å²) >= 11 is 0. The number of benzene rings is 1. The van der Waals surface area contributed by atoms with E-state index < -0.39 is 0 Å². The van der Waals surface area contributed by atoms with E-state index in [1.54, 1.807) is 0 Å². The average Bonchev–Trinajstić information content (AvgIpc) is 2.86. The predicted molar refractivity (Wildman–Crippen MR) is 86.8 cm³/mol. The predicted octanol–water partition coefficient (Wildman–Crippen LogP) is 3.00. The van der Waals surface area contributed by atoms with Gasteiger partial charge in [0, 0.05) is 30.0 Å². The molecule has 2 heterocycles. The maximum Gasteiger partial charge on any atom is 0.227 e. The van der Waals surface area contributed by atoms with E-state index in [0.717, 1.165) is 41.4 Å². The Balaban J connectivity index is 1.77. The average molecular weight is 295 g/mol. The molecule has 1 atom stereocenters. The number of aryl methyl sites for hydroxylation is 2. The lowest BCUT2D eigenvalue weighted by molar-refractivity contribution is -0.117. The molecule has 1 amide bonds.